The number of hydrogen-bond acceptors (Lipinski definition) is 2. The summed E-state index contributed by atoms with van der Waals surface area (Å²) in [6.45, 7) is 6.95. The molecule has 0 bridgehead atoms. The summed E-state index contributed by atoms with van der Waals surface area (Å²) in [5, 5.41) is 0. The highest BCUT2D eigenvalue weighted by Gasteiger charge is 2.23. The Labute approximate surface area is 74.3 Å². The summed E-state index contributed by atoms with van der Waals surface area (Å²) < 4.78 is 0. The van der Waals surface area contributed by atoms with Gasteiger partial charge < -0.3 is 9.80 Å². The molecule has 3 nitrogen and oxygen atoms in total. The van der Waals surface area contributed by atoms with Crippen LogP contribution in [0, 0.1) is 0 Å². The zero-order valence-electron chi connectivity index (χ0n) is 8.21. The molecule has 0 spiro atoms. The molecule has 1 aliphatic heterocycles. The van der Waals surface area contributed by atoms with Gasteiger partial charge in [-0.3, -0.25) is 4.79 Å². The topological polar surface area (TPSA) is 23.6 Å². The van der Waals surface area contributed by atoms with Gasteiger partial charge in [0.15, 0.2) is 0 Å². The van der Waals surface area contributed by atoms with Gasteiger partial charge in [-0.25, -0.2) is 0 Å². The average Bonchev–Trinajstić information content (AvgIpc) is 2.03. The van der Waals surface area contributed by atoms with Gasteiger partial charge in [0.25, 0.3) is 0 Å². The van der Waals surface area contributed by atoms with Crippen molar-refractivity contribution in [3.63, 3.8) is 0 Å². The van der Waals surface area contributed by atoms with Crippen LogP contribution in [0.15, 0.2) is 0 Å². The van der Waals surface area contributed by atoms with Gasteiger partial charge in [-0.05, 0) is 14.0 Å². The Morgan fingerprint density at radius 2 is 2.17 bits per heavy atom. The van der Waals surface area contributed by atoms with Crippen molar-refractivity contribution in [1.29, 1.82) is 0 Å². The highest BCUT2D eigenvalue weighted by atomic mass is 16.2. The Morgan fingerprint density at radius 3 is 2.67 bits per heavy atom. The standard InChI is InChI=1S/C9H18N2O/c1-4-9(12)11-6-5-10(3)7-8(11)2/h8H,4-7H2,1-3H3/t8-/m0/s1. The molecule has 0 N–H and O–H groups in total. The fourth-order valence-electron chi connectivity index (χ4n) is 1.71. The minimum atomic E-state index is 0.288. The van der Waals surface area contributed by atoms with Crippen LogP contribution in [0.3, 0.4) is 0 Å². The maximum atomic E-state index is 11.4. The van der Waals surface area contributed by atoms with Gasteiger partial charge in [-0.2, -0.15) is 0 Å². The first-order valence-electron chi connectivity index (χ1n) is 4.63. The van der Waals surface area contributed by atoms with E-state index in [0.29, 0.717) is 12.5 Å². The van der Waals surface area contributed by atoms with Crippen LogP contribution in [0.1, 0.15) is 20.3 Å². The third-order valence-electron chi connectivity index (χ3n) is 2.45. The van der Waals surface area contributed by atoms with Gasteiger partial charge in [0, 0.05) is 32.1 Å². The molecule has 1 amide bonds. The third-order valence-corrected chi connectivity index (χ3v) is 2.45. The number of rotatable bonds is 1. The van der Waals surface area contributed by atoms with E-state index < -0.39 is 0 Å². The van der Waals surface area contributed by atoms with Gasteiger partial charge in [0.1, 0.15) is 0 Å². The Kier molecular flexibility index (Phi) is 3.09. The maximum Gasteiger partial charge on any atom is 0.222 e. The second-order valence-corrected chi connectivity index (χ2v) is 3.55. The first-order valence-corrected chi connectivity index (χ1v) is 4.63. The van der Waals surface area contributed by atoms with E-state index in [9.17, 15) is 4.79 Å². The van der Waals surface area contributed by atoms with Crippen molar-refractivity contribution in [3.8, 4) is 0 Å². The second kappa shape index (κ2) is 3.90. The molecule has 0 radical (unpaired) electrons. The molecule has 1 heterocycles. The number of carbonyl (C=O) groups is 1. The minimum absolute atomic E-state index is 0.288. The molecule has 1 saturated heterocycles. The lowest BCUT2D eigenvalue weighted by Gasteiger charge is -2.38. The van der Waals surface area contributed by atoms with E-state index in [0.717, 1.165) is 19.6 Å². The van der Waals surface area contributed by atoms with Gasteiger partial charge in [-0.15, -0.1) is 0 Å². The lowest BCUT2D eigenvalue weighted by atomic mass is 10.2. The largest absolute Gasteiger partial charge is 0.337 e. The van der Waals surface area contributed by atoms with Crippen LogP contribution in [0.2, 0.25) is 0 Å². The summed E-state index contributed by atoms with van der Waals surface area (Å²) in [6, 6.07) is 0.385. The summed E-state index contributed by atoms with van der Waals surface area (Å²) in [7, 11) is 2.10. The summed E-state index contributed by atoms with van der Waals surface area (Å²) in [5.41, 5.74) is 0. The van der Waals surface area contributed by atoms with Crippen molar-refractivity contribution < 1.29 is 4.79 Å². The van der Waals surface area contributed by atoms with Crippen LogP contribution >= 0.6 is 0 Å². The van der Waals surface area contributed by atoms with Gasteiger partial charge in [0.2, 0.25) is 5.91 Å². The molecule has 1 aliphatic rings. The molecule has 3 heteroatoms. The van der Waals surface area contributed by atoms with E-state index in [4.69, 9.17) is 0 Å². The number of amides is 1. The highest BCUT2D eigenvalue weighted by molar-refractivity contribution is 5.76. The number of piperazine rings is 1. The highest BCUT2D eigenvalue weighted by Crippen LogP contribution is 2.08. The normalized spacial score (nSPS) is 25.9. The molecular weight excluding hydrogens is 152 g/mol. The number of carbonyl (C=O) groups excluding carboxylic acids is 1. The molecule has 70 valence electrons. The van der Waals surface area contributed by atoms with Crippen LogP contribution in [0.4, 0.5) is 0 Å². The molecule has 0 aromatic rings. The zero-order chi connectivity index (χ0) is 9.14. The predicted octanol–water partition coefficient (Wildman–Crippen LogP) is 0.559. The smallest absolute Gasteiger partial charge is 0.222 e. The van der Waals surface area contributed by atoms with Crippen LogP contribution < -0.4 is 0 Å². The molecule has 0 saturated carbocycles. The Hall–Kier alpha value is -0.570. The maximum absolute atomic E-state index is 11.4. The molecular formula is C9H18N2O. The fourth-order valence-corrected chi connectivity index (χ4v) is 1.71. The Bertz CT molecular complexity index is 170. The lowest BCUT2D eigenvalue weighted by Crippen LogP contribution is -2.52. The monoisotopic (exact) mass is 170 g/mol. The van der Waals surface area contributed by atoms with E-state index >= 15 is 0 Å². The number of likely N-dealkylation sites (N-methyl/N-ethyl adjacent to an activating group) is 1. The summed E-state index contributed by atoms with van der Waals surface area (Å²) in [4.78, 5) is 15.6. The van der Waals surface area contributed by atoms with E-state index in [1.54, 1.807) is 0 Å². The van der Waals surface area contributed by atoms with Gasteiger partial charge >= 0.3 is 0 Å². The lowest BCUT2D eigenvalue weighted by molar-refractivity contribution is -0.135. The molecule has 0 aliphatic carbocycles. The summed E-state index contributed by atoms with van der Waals surface area (Å²) >= 11 is 0. The quantitative estimate of drug-likeness (QED) is 0.574. The van der Waals surface area contributed by atoms with Crippen molar-refractivity contribution in [2.24, 2.45) is 0 Å². The van der Waals surface area contributed by atoms with E-state index in [-0.39, 0.29) is 5.91 Å². The van der Waals surface area contributed by atoms with E-state index in [1.807, 2.05) is 11.8 Å². The fraction of sp³-hybridized carbons (Fsp3) is 0.889. The van der Waals surface area contributed by atoms with Crippen LogP contribution in [-0.4, -0.2) is 48.4 Å². The van der Waals surface area contributed by atoms with Crippen molar-refractivity contribution >= 4 is 5.91 Å². The van der Waals surface area contributed by atoms with Crippen molar-refractivity contribution in [3.05, 3.63) is 0 Å². The Morgan fingerprint density at radius 1 is 1.50 bits per heavy atom. The molecule has 0 aromatic heterocycles. The molecule has 1 fully saturated rings. The SMILES string of the molecule is CCC(=O)N1CCN(C)C[C@@H]1C. The van der Waals surface area contributed by atoms with Gasteiger partial charge in [0.05, 0.1) is 0 Å². The van der Waals surface area contributed by atoms with Crippen molar-refractivity contribution in [1.82, 2.24) is 9.80 Å². The molecule has 1 atom stereocenters. The van der Waals surface area contributed by atoms with Crippen LogP contribution in [0.5, 0.6) is 0 Å². The summed E-state index contributed by atoms with van der Waals surface area (Å²) in [5.74, 6) is 0.288. The van der Waals surface area contributed by atoms with Crippen molar-refractivity contribution in [2.75, 3.05) is 26.7 Å². The van der Waals surface area contributed by atoms with Crippen LogP contribution in [0.25, 0.3) is 0 Å². The van der Waals surface area contributed by atoms with Gasteiger partial charge in [-0.1, -0.05) is 6.92 Å². The van der Waals surface area contributed by atoms with E-state index in [1.165, 1.54) is 0 Å². The zero-order valence-corrected chi connectivity index (χ0v) is 8.21. The first-order chi connectivity index (χ1) is 5.65. The first kappa shape index (κ1) is 9.52. The molecule has 0 unspecified atom stereocenters. The third kappa shape index (κ3) is 1.97. The molecule has 1 rings (SSSR count). The molecule has 12 heavy (non-hydrogen) atoms. The predicted molar refractivity (Wildman–Crippen MR) is 49.0 cm³/mol. The number of nitrogens with zero attached hydrogens (tertiary/aromatic N) is 2. The van der Waals surface area contributed by atoms with Crippen molar-refractivity contribution in [2.45, 2.75) is 26.3 Å². The Balaban J connectivity index is 2.50. The molecule has 0 aromatic carbocycles. The minimum Gasteiger partial charge on any atom is -0.337 e. The number of hydrogen-bond donors (Lipinski definition) is 0. The second-order valence-electron chi connectivity index (χ2n) is 3.55. The van der Waals surface area contributed by atoms with Crippen LogP contribution in [-0.2, 0) is 4.79 Å². The average molecular weight is 170 g/mol. The van der Waals surface area contributed by atoms with E-state index in [2.05, 4.69) is 18.9 Å². The summed E-state index contributed by atoms with van der Waals surface area (Å²) in [6.07, 6.45) is 0.633.